The van der Waals surface area contributed by atoms with E-state index in [-0.39, 0.29) is 34.8 Å². The number of aromatic hydroxyl groups is 1. The van der Waals surface area contributed by atoms with Crippen molar-refractivity contribution in [2.45, 2.75) is 26.4 Å². The van der Waals surface area contributed by atoms with E-state index in [0.717, 1.165) is 0 Å². The smallest absolute Gasteiger partial charge is 0.234 e. The predicted molar refractivity (Wildman–Crippen MR) is 70.3 cm³/mol. The molecule has 1 aliphatic heterocycles. The zero-order valence-electron chi connectivity index (χ0n) is 11.4. The Morgan fingerprint density at radius 3 is 2.50 bits per heavy atom. The number of ether oxygens (including phenoxy) is 1. The minimum atomic E-state index is -1.41. The molecule has 104 valence electrons. The van der Waals surface area contributed by atoms with Crippen LogP contribution in [0.25, 0.3) is 5.76 Å². The maximum absolute atomic E-state index is 12.2. The van der Waals surface area contributed by atoms with Crippen molar-refractivity contribution in [2.75, 3.05) is 6.61 Å². The predicted octanol–water partition coefficient (Wildman–Crippen LogP) is 1.43. The van der Waals surface area contributed by atoms with E-state index in [9.17, 15) is 19.8 Å². The largest absolute Gasteiger partial charge is 0.508 e. The molecular formula is C15H14O5. The second-order valence-electron chi connectivity index (χ2n) is 5.51. The summed E-state index contributed by atoms with van der Waals surface area (Å²) in [6, 6.07) is 1.40. The van der Waals surface area contributed by atoms with E-state index in [1.54, 1.807) is 6.92 Å². The molecular weight excluding hydrogens is 260 g/mol. The molecule has 0 fully saturated rings. The summed E-state index contributed by atoms with van der Waals surface area (Å²) in [5.41, 5.74) is 0.102. The van der Waals surface area contributed by atoms with Crippen molar-refractivity contribution in [1.82, 2.24) is 0 Å². The lowest BCUT2D eigenvalue weighted by Gasteiger charge is -2.36. The summed E-state index contributed by atoms with van der Waals surface area (Å²) in [5, 5.41) is 20.5. The van der Waals surface area contributed by atoms with Gasteiger partial charge in [0.2, 0.25) is 11.6 Å². The molecule has 2 aliphatic rings. The quantitative estimate of drug-likeness (QED) is 0.699. The van der Waals surface area contributed by atoms with E-state index < -0.39 is 17.2 Å². The minimum Gasteiger partial charge on any atom is -0.508 e. The summed E-state index contributed by atoms with van der Waals surface area (Å²) in [6.45, 7) is 4.58. The Hall–Kier alpha value is -2.14. The van der Waals surface area contributed by atoms with Crippen LogP contribution in [-0.4, -0.2) is 28.4 Å². The third kappa shape index (κ3) is 1.41. The molecule has 0 bridgehead atoms. The van der Waals surface area contributed by atoms with Crippen LogP contribution in [0.5, 0.6) is 5.75 Å². The highest BCUT2D eigenvalue weighted by Crippen LogP contribution is 2.46. The van der Waals surface area contributed by atoms with Gasteiger partial charge in [-0.15, -0.1) is 0 Å². The molecule has 2 N–H and O–H groups in total. The Balaban J connectivity index is 2.51. The first kappa shape index (κ1) is 12.9. The molecule has 0 amide bonds. The first-order valence-corrected chi connectivity index (χ1v) is 6.28. The summed E-state index contributed by atoms with van der Waals surface area (Å²) in [4.78, 5) is 24.2. The second kappa shape index (κ2) is 3.70. The van der Waals surface area contributed by atoms with Gasteiger partial charge in [-0.05, 0) is 32.4 Å². The number of rotatable bonds is 0. The van der Waals surface area contributed by atoms with Crippen molar-refractivity contribution >= 4 is 17.3 Å². The van der Waals surface area contributed by atoms with Gasteiger partial charge in [-0.1, -0.05) is 0 Å². The summed E-state index contributed by atoms with van der Waals surface area (Å²) < 4.78 is 5.49. The topological polar surface area (TPSA) is 83.8 Å². The zero-order valence-corrected chi connectivity index (χ0v) is 11.4. The Kier molecular flexibility index (Phi) is 2.38. The average molecular weight is 274 g/mol. The summed E-state index contributed by atoms with van der Waals surface area (Å²) >= 11 is 0. The van der Waals surface area contributed by atoms with Crippen molar-refractivity contribution in [3.05, 3.63) is 33.9 Å². The number of phenolic OH excluding ortho intramolecular Hbond substituents is 1. The van der Waals surface area contributed by atoms with Gasteiger partial charge in [0.25, 0.3) is 0 Å². The lowest BCUT2D eigenvalue weighted by molar-refractivity contribution is -0.112. The lowest BCUT2D eigenvalue weighted by Crippen LogP contribution is -2.37. The van der Waals surface area contributed by atoms with Gasteiger partial charge < -0.3 is 14.9 Å². The maximum atomic E-state index is 12.2. The van der Waals surface area contributed by atoms with E-state index in [2.05, 4.69) is 0 Å². The molecule has 1 aliphatic carbocycles. The fourth-order valence-electron chi connectivity index (χ4n) is 2.90. The summed E-state index contributed by atoms with van der Waals surface area (Å²) in [7, 11) is 0. The highest BCUT2D eigenvalue weighted by molar-refractivity contribution is 6.52. The van der Waals surface area contributed by atoms with Crippen molar-refractivity contribution in [3.63, 3.8) is 0 Å². The molecule has 0 radical (unpaired) electrons. The standard InChI is InChI=1S/C15H14O5/c1-6-4-8(16)11-10-9(6)13(18)12(17)7(2)14(10)20-5-15(11,3)19/h4,16,19H,5H2,1-3H3. The van der Waals surface area contributed by atoms with E-state index in [0.29, 0.717) is 11.1 Å². The van der Waals surface area contributed by atoms with Gasteiger partial charge >= 0.3 is 0 Å². The number of hydrogen-bond acceptors (Lipinski definition) is 5. The van der Waals surface area contributed by atoms with Crippen molar-refractivity contribution in [2.24, 2.45) is 0 Å². The molecule has 1 atom stereocenters. The molecule has 1 aromatic carbocycles. The van der Waals surface area contributed by atoms with E-state index >= 15 is 0 Å². The molecule has 5 heteroatoms. The third-order valence-electron chi connectivity index (χ3n) is 3.88. The van der Waals surface area contributed by atoms with E-state index in [4.69, 9.17) is 4.74 Å². The molecule has 1 unspecified atom stereocenters. The highest BCUT2D eigenvalue weighted by Gasteiger charge is 2.44. The number of carbonyl (C=O) groups is 2. The Morgan fingerprint density at radius 2 is 1.85 bits per heavy atom. The molecule has 1 heterocycles. The Labute approximate surface area is 115 Å². The summed E-state index contributed by atoms with van der Waals surface area (Å²) in [6.07, 6.45) is 0. The van der Waals surface area contributed by atoms with Gasteiger partial charge in [0.15, 0.2) is 0 Å². The second-order valence-corrected chi connectivity index (χ2v) is 5.51. The van der Waals surface area contributed by atoms with E-state index in [1.165, 1.54) is 19.9 Å². The van der Waals surface area contributed by atoms with Crippen molar-refractivity contribution < 1.29 is 24.5 Å². The Morgan fingerprint density at radius 1 is 1.20 bits per heavy atom. The molecule has 1 aromatic rings. The zero-order chi connectivity index (χ0) is 14.8. The van der Waals surface area contributed by atoms with Crippen LogP contribution < -0.4 is 0 Å². The normalized spacial score (nSPS) is 24.6. The molecule has 0 saturated heterocycles. The van der Waals surface area contributed by atoms with E-state index in [1.807, 2.05) is 0 Å². The van der Waals surface area contributed by atoms with Crippen LogP contribution in [-0.2, 0) is 15.1 Å². The SMILES string of the molecule is CC1=C2OCC(C)(O)c3c(O)cc(C)c(c32)C(=O)C1=O. The molecule has 3 rings (SSSR count). The first-order valence-electron chi connectivity index (χ1n) is 6.28. The minimum absolute atomic E-state index is 0.0792. The monoisotopic (exact) mass is 274 g/mol. The van der Waals surface area contributed by atoms with Crippen LogP contribution in [0.2, 0.25) is 0 Å². The van der Waals surface area contributed by atoms with Crippen LogP contribution in [0.3, 0.4) is 0 Å². The number of allylic oxidation sites excluding steroid dienone is 1. The van der Waals surface area contributed by atoms with Gasteiger partial charge in [-0.25, -0.2) is 0 Å². The maximum Gasteiger partial charge on any atom is 0.234 e. The van der Waals surface area contributed by atoms with Gasteiger partial charge in [-0.2, -0.15) is 0 Å². The Bertz CT molecular complexity index is 709. The highest BCUT2D eigenvalue weighted by atomic mass is 16.5. The third-order valence-corrected chi connectivity index (χ3v) is 3.88. The molecule has 0 spiro atoms. The van der Waals surface area contributed by atoms with Crippen LogP contribution in [0.4, 0.5) is 0 Å². The van der Waals surface area contributed by atoms with Crippen LogP contribution >= 0.6 is 0 Å². The lowest BCUT2D eigenvalue weighted by atomic mass is 9.77. The molecule has 0 saturated carbocycles. The fourth-order valence-corrected chi connectivity index (χ4v) is 2.90. The molecule has 5 nitrogen and oxygen atoms in total. The number of phenols is 1. The van der Waals surface area contributed by atoms with Crippen LogP contribution in [0, 0.1) is 6.92 Å². The average Bonchev–Trinajstić information content (AvgIpc) is 2.34. The number of Topliss-reactive ketones (excluding diaryl/α,β-unsaturated/α-hetero) is 2. The molecule has 0 aromatic heterocycles. The first-order chi connectivity index (χ1) is 9.25. The van der Waals surface area contributed by atoms with Crippen molar-refractivity contribution in [3.8, 4) is 5.75 Å². The number of ketones is 2. The van der Waals surface area contributed by atoms with Gasteiger partial charge in [-0.3, -0.25) is 9.59 Å². The van der Waals surface area contributed by atoms with Crippen molar-refractivity contribution in [1.29, 1.82) is 0 Å². The van der Waals surface area contributed by atoms with Gasteiger partial charge in [0.1, 0.15) is 23.7 Å². The van der Waals surface area contributed by atoms with Crippen LogP contribution in [0.15, 0.2) is 11.6 Å². The fraction of sp³-hybridized carbons (Fsp3) is 0.333. The molecule has 20 heavy (non-hydrogen) atoms. The number of hydrogen-bond donors (Lipinski definition) is 2. The number of benzene rings is 1. The number of aryl methyl sites for hydroxylation is 1. The van der Waals surface area contributed by atoms with Gasteiger partial charge in [0.05, 0.1) is 0 Å². The van der Waals surface area contributed by atoms with Gasteiger partial charge in [0, 0.05) is 22.3 Å². The number of carbonyl (C=O) groups excluding carboxylic acids is 2. The number of aliphatic hydroxyl groups is 1. The summed E-state index contributed by atoms with van der Waals surface area (Å²) in [5.74, 6) is -1.04. The van der Waals surface area contributed by atoms with Crippen LogP contribution in [0.1, 0.15) is 40.9 Å².